The molecule has 0 fully saturated rings. The Labute approximate surface area is 128 Å². The Morgan fingerprint density at radius 2 is 2.29 bits per heavy atom. The van der Waals surface area contributed by atoms with E-state index in [-0.39, 0.29) is 16.8 Å². The SMILES string of the molecule is CCC1c2ccsc2CCN1S(=O)(=O)c1cn(C)nc1N. The fourth-order valence-corrected chi connectivity index (χ4v) is 5.59. The van der Waals surface area contributed by atoms with E-state index >= 15 is 0 Å². The fourth-order valence-electron chi connectivity index (χ4n) is 2.89. The highest BCUT2D eigenvalue weighted by Gasteiger charge is 2.37. The van der Waals surface area contributed by atoms with E-state index in [0.29, 0.717) is 6.54 Å². The van der Waals surface area contributed by atoms with Crippen LogP contribution in [0.25, 0.3) is 0 Å². The number of aromatic nitrogens is 2. The van der Waals surface area contributed by atoms with Gasteiger partial charge < -0.3 is 5.73 Å². The van der Waals surface area contributed by atoms with Gasteiger partial charge in [-0.15, -0.1) is 11.3 Å². The minimum atomic E-state index is -3.62. The van der Waals surface area contributed by atoms with Gasteiger partial charge >= 0.3 is 0 Å². The van der Waals surface area contributed by atoms with Crippen molar-refractivity contribution < 1.29 is 8.42 Å². The molecule has 8 heteroatoms. The number of nitrogens with two attached hydrogens (primary N) is 1. The molecule has 0 saturated carbocycles. The van der Waals surface area contributed by atoms with E-state index in [4.69, 9.17) is 5.73 Å². The van der Waals surface area contributed by atoms with Gasteiger partial charge in [0.15, 0.2) is 5.82 Å². The summed E-state index contributed by atoms with van der Waals surface area (Å²) in [6.45, 7) is 2.50. The lowest BCUT2D eigenvalue weighted by molar-refractivity contribution is 0.303. The Hall–Kier alpha value is -1.38. The van der Waals surface area contributed by atoms with Crippen molar-refractivity contribution >= 4 is 27.2 Å². The monoisotopic (exact) mass is 326 g/mol. The van der Waals surface area contributed by atoms with Crippen LogP contribution in [-0.4, -0.2) is 29.0 Å². The molecule has 0 bridgehead atoms. The first-order chi connectivity index (χ1) is 9.95. The van der Waals surface area contributed by atoms with Crippen LogP contribution in [-0.2, 0) is 23.5 Å². The van der Waals surface area contributed by atoms with Gasteiger partial charge in [0.2, 0.25) is 10.0 Å². The van der Waals surface area contributed by atoms with E-state index in [1.807, 2.05) is 18.4 Å². The Bertz CT molecular complexity index is 763. The van der Waals surface area contributed by atoms with Crippen molar-refractivity contribution in [1.29, 1.82) is 0 Å². The molecule has 2 aromatic heterocycles. The highest BCUT2D eigenvalue weighted by Crippen LogP contribution is 2.39. The maximum absolute atomic E-state index is 12.9. The zero-order chi connectivity index (χ0) is 15.2. The molecule has 0 aromatic carbocycles. The summed E-state index contributed by atoms with van der Waals surface area (Å²) in [6, 6.07) is 1.91. The molecule has 1 aliphatic heterocycles. The summed E-state index contributed by atoms with van der Waals surface area (Å²) in [4.78, 5) is 1.38. The van der Waals surface area contributed by atoms with Gasteiger partial charge in [-0.3, -0.25) is 4.68 Å². The number of hydrogen-bond donors (Lipinski definition) is 1. The molecule has 0 aliphatic carbocycles. The van der Waals surface area contributed by atoms with Gasteiger partial charge in [-0.1, -0.05) is 6.92 Å². The van der Waals surface area contributed by atoms with Gasteiger partial charge in [0, 0.05) is 24.7 Å². The maximum Gasteiger partial charge on any atom is 0.248 e. The van der Waals surface area contributed by atoms with Gasteiger partial charge in [0.1, 0.15) is 4.90 Å². The Balaban J connectivity index is 2.05. The zero-order valence-electron chi connectivity index (χ0n) is 12.0. The summed E-state index contributed by atoms with van der Waals surface area (Å²) in [6.07, 6.45) is 2.96. The first-order valence-corrected chi connectivity index (χ1v) is 9.14. The van der Waals surface area contributed by atoms with Crippen LogP contribution in [0.2, 0.25) is 0 Å². The summed E-state index contributed by atoms with van der Waals surface area (Å²) in [5, 5.41) is 5.98. The van der Waals surface area contributed by atoms with E-state index in [9.17, 15) is 8.42 Å². The lowest BCUT2D eigenvalue weighted by Gasteiger charge is -2.34. The zero-order valence-corrected chi connectivity index (χ0v) is 13.6. The molecular weight excluding hydrogens is 308 g/mol. The quantitative estimate of drug-likeness (QED) is 0.932. The van der Waals surface area contributed by atoms with Gasteiger partial charge in [-0.25, -0.2) is 8.42 Å². The van der Waals surface area contributed by atoms with Crippen molar-refractivity contribution in [3.63, 3.8) is 0 Å². The molecular formula is C13H18N4O2S2. The Morgan fingerprint density at radius 1 is 1.52 bits per heavy atom. The lowest BCUT2D eigenvalue weighted by atomic mass is 10.0. The second kappa shape index (κ2) is 5.11. The summed E-state index contributed by atoms with van der Waals surface area (Å²) in [7, 11) is -1.96. The molecule has 114 valence electrons. The first kappa shape index (κ1) is 14.6. The van der Waals surface area contributed by atoms with Crippen molar-refractivity contribution in [1.82, 2.24) is 14.1 Å². The fraction of sp³-hybridized carbons (Fsp3) is 0.462. The number of thiophene rings is 1. The van der Waals surface area contributed by atoms with Crippen molar-refractivity contribution in [3.8, 4) is 0 Å². The molecule has 21 heavy (non-hydrogen) atoms. The molecule has 0 radical (unpaired) electrons. The van der Waals surface area contributed by atoms with E-state index < -0.39 is 10.0 Å². The highest BCUT2D eigenvalue weighted by atomic mass is 32.2. The van der Waals surface area contributed by atoms with Crippen molar-refractivity contribution in [2.24, 2.45) is 7.05 Å². The molecule has 1 unspecified atom stereocenters. The Morgan fingerprint density at radius 3 is 2.90 bits per heavy atom. The van der Waals surface area contributed by atoms with Gasteiger partial charge in [0.05, 0.1) is 6.04 Å². The topological polar surface area (TPSA) is 81.2 Å². The van der Waals surface area contributed by atoms with Gasteiger partial charge in [0.25, 0.3) is 0 Å². The van der Waals surface area contributed by atoms with Crippen molar-refractivity contribution in [2.45, 2.75) is 30.7 Å². The standard InChI is InChI=1S/C13H18N4O2S2/c1-3-10-9-5-7-20-11(9)4-6-17(10)21(18,19)12-8-16(2)15-13(12)14/h5,7-8,10H,3-4,6H2,1-2H3,(H2,14,15). The molecule has 0 saturated heterocycles. The number of nitrogens with zero attached hydrogens (tertiary/aromatic N) is 3. The molecule has 3 rings (SSSR count). The van der Waals surface area contributed by atoms with E-state index in [0.717, 1.165) is 18.4 Å². The summed E-state index contributed by atoms with van der Waals surface area (Å²) in [5.41, 5.74) is 6.88. The third kappa shape index (κ3) is 2.27. The maximum atomic E-state index is 12.9. The lowest BCUT2D eigenvalue weighted by Crippen LogP contribution is -2.39. The average molecular weight is 326 g/mol. The number of fused-ring (bicyclic) bond motifs is 1. The molecule has 0 amide bonds. The van der Waals surface area contributed by atoms with Crippen LogP contribution in [0, 0.1) is 0 Å². The molecule has 6 nitrogen and oxygen atoms in total. The van der Waals surface area contributed by atoms with Crippen LogP contribution >= 0.6 is 11.3 Å². The smallest absolute Gasteiger partial charge is 0.248 e. The van der Waals surface area contributed by atoms with Crippen LogP contribution in [0.3, 0.4) is 0 Å². The van der Waals surface area contributed by atoms with Crippen LogP contribution in [0.15, 0.2) is 22.5 Å². The average Bonchev–Trinajstić information content (AvgIpc) is 3.03. The largest absolute Gasteiger partial charge is 0.381 e. The number of nitrogen functional groups attached to an aromatic ring is 1. The van der Waals surface area contributed by atoms with Crippen LogP contribution in [0.4, 0.5) is 5.82 Å². The number of aryl methyl sites for hydroxylation is 1. The van der Waals surface area contributed by atoms with Crippen LogP contribution < -0.4 is 5.73 Å². The van der Waals surface area contributed by atoms with Crippen LogP contribution in [0.5, 0.6) is 0 Å². The summed E-state index contributed by atoms with van der Waals surface area (Å²) in [5.74, 6) is 0.0588. The third-order valence-corrected chi connectivity index (χ3v) is 6.76. The minimum Gasteiger partial charge on any atom is -0.381 e. The summed E-state index contributed by atoms with van der Waals surface area (Å²) < 4.78 is 28.8. The predicted octanol–water partition coefficient (Wildman–Crippen LogP) is 1.76. The van der Waals surface area contributed by atoms with E-state index in [1.165, 1.54) is 15.8 Å². The second-order valence-corrected chi connectivity index (χ2v) is 8.00. The number of hydrogen-bond acceptors (Lipinski definition) is 5. The molecule has 1 atom stereocenters. The van der Waals surface area contributed by atoms with Crippen molar-refractivity contribution in [3.05, 3.63) is 28.1 Å². The van der Waals surface area contributed by atoms with E-state index in [1.54, 1.807) is 22.7 Å². The summed E-state index contributed by atoms with van der Waals surface area (Å²) >= 11 is 1.70. The number of rotatable bonds is 3. The van der Waals surface area contributed by atoms with Crippen LogP contribution in [0.1, 0.15) is 29.8 Å². The minimum absolute atomic E-state index is 0.0588. The van der Waals surface area contributed by atoms with Gasteiger partial charge in [-0.2, -0.15) is 9.40 Å². The van der Waals surface area contributed by atoms with E-state index in [2.05, 4.69) is 5.10 Å². The number of anilines is 1. The first-order valence-electron chi connectivity index (χ1n) is 6.82. The second-order valence-electron chi connectivity index (χ2n) is 5.14. The normalized spacial score (nSPS) is 19.6. The third-order valence-electron chi connectivity index (χ3n) is 3.84. The number of sulfonamides is 1. The highest BCUT2D eigenvalue weighted by molar-refractivity contribution is 7.89. The van der Waals surface area contributed by atoms with Crippen molar-refractivity contribution in [2.75, 3.05) is 12.3 Å². The molecule has 1 aliphatic rings. The van der Waals surface area contributed by atoms with Gasteiger partial charge in [-0.05, 0) is 29.9 Å². The molecule has 2 N–H and O–H groups in total. The molecule has 3 heterocycles. The molecule has 0 spiro atoms. The Kier molecular flexibility index (Phi) is 3.54. The predicted molar refractivity (Wildman–Crippen MR) is 82.6 cm³/mol. The molecule has 2 aromatic rings.